The largest absolute Gasteiger partial charge is 0.497 e. The van der Waals surface area contributed by atoms with Crippen molar-refractivity contribution in [3.63, 3.8) is 0 Å². The van der Waals surface area contributed by atoms with Crippen molar-refractivity contribution in [3.8, 4) is 34.0 Å². The number of thioether (sulfide) groups is 1. The molecule has 34 heavy (non-hydrogen) atoms. The van der Waals surface area contributed by atoms with Gasteiger partial charge in [-0.3, -0.25) is 4.79 Å². The van der Waals surface area contributed by atoms with E-state index in [1.807, 2.05) is 55.5 Å². The summed E-state index contributed by atoms with van der Waals surface area (Å²) in [4.78, 5) is 17.7. The Morgan fingerprint density at radius 1 is 0.941 bits per heavy atom. The number of ether oxygens (including phenoxy) is 2. The van der Waals surface area contributed by atoms with Crippen LogP contribution in [0, 0.1) is 0 Å². The molecule has 2 aromatic carbocycles. The van der Waals surface area contributed by atoms with Crippen molar-refractivity contribution in [1.29, 1.82) is 0 Å². The minimum Gasteiger partial charge on any atom is -0.497 e. The zero-order valence-electron chi connectivity index (χ0n) is 19.8. The highest BCUT2D eigenvalue weighted by Crippen LogP contribution is 2.33. The Kier molecular flexibility index (Phi) is 8.00. The highest BCUT2D eigenvalue weighted by molar-refractivity contribution is 8.00. The summed E-state index contributed by atoms with van der Waals surface area (Å²) in [6.07, 6.45) is 5.16. The number of methoxy groups -OCH3 is 2. The average molecular weight is 479 g/mol. The fourth-order valence-electron chi connectivity index (χ4n) is 4.07. The summed E-state index contributed by atoms with van der Waals surface area (Å²) >= 11 is 1.37. The molecule has 1 amide bonds. The van der Waals surface area contributed by atoms with Crippen LogP contribution in [0.5, 0.6) is 11.5 Å². The summed E-state index contributed by atoms with van der Waals surface area (Å²) in [6, 6.07) is 15.6. The van der Waals surface area contributed by atoms with E-state index in [1.165, 1.54) is 24.6 Å². The van der Waals surface area contributed by atoms with Gasteiger partial charge in [0.15, 0.2) is 0 Å². The zero-order valence-corrected chi connectivity index (χ0v) is 20.6. The van der Waals surface area contributed by atoms with E-state index in [9.17, 15) is 4.79 Å². The van der Waals surface area contributed by atoms with E-state index < -0.39 is 0 Å². The van der Waals surface area contributed by atoms with Gasteiger partial charge in [-0.25, -0.2) is 4.98 Å². The van der Waals surface area contributed by atoms with Gasteiger partial charge in [-0.15, -0.1) is 10.2 Å². The molecular weight excluding hydrogens is 448 g/mol. The van der Waals surface area contributed by atoms with E-state index in [-0.39, 0.29) is 17.2 Å². The molecule has 0 unspecified atom stereocenters. The molecule has 1 aliphatic rings. The lowest BCUT2D eigenvalue weighted by atomic mass is 10.0. The maximum absolute atomic E-state index is 12.9. The second-order valence-electron chi connectivity index (χ2n) is 8.25. The third-order valence-corrected chi connectivity index (χ3v) is 7.22. The predicted octanol–water partition coefficient (Wildman–Crippen LogP) is 5.15. The lowest BCUT2D eigenvalue weighted by molar-refractivity contribution is -0.121. The van der Waals surface area contributed by atoms with Crippen LogP contribution < -0.4 is 14.8 Å². The molecule has 1 saturated carbocycles. The molecule has 0 spiro atoms. The van der Waals surface area contributed by atoms with Gasteiger partial charge in [0.25, 0.3) is 0 Å². The number of carbonyl (C=O) groups is 1. The maximum atomic E-state index is 12.9. The molecule has 7 nitrogen and oxygen atoms in total. The second kappa shape index (κ2) is 11.3. The third kappa shape index (κ3) is 5.67. The topological polar surface area (TPSA) is 86.2 Å². The summed E-state index contributed by atoms with van der Waals surface area (Å²) in [5.41, 5.74) is 3.15. The molecule has 0 aliphatic heterocycles. The van der Waals surface area contributed by atoms with Gasteiger partial charge in [0, 0.05) is 17.2 Å². The molecule has 0 radical (unpaired) electrons. The van der Waals surface area contributed by atoms with Crippen LogP contribution in [-0.4, -0.2) is 46.6 Å². The molecule has 1 aromatic heterocycles. The molecule has 0 saturated heterocycles. The van der Waals surface area contributed by atoms with E-state index in [1.54, 1.807) is 14.2 Å². The van der Waals surface area contributed by atoms with Crippen LogP contribution in [0.3, 0.4) is 0 Å². The van der Waals surface area contributed by atoms with Gasteiger partial charge in [-0.2, -0.15) is 0 Å². The fourth-order valence-corrected chi connectivity index (χ4v) is 4.90. The van der Waals surface area contributed by atoms with Crippen molar-refractivity contribution in [1.82, 2.24) is 20.5 Å². The molecule has 8 heteroatoms. The van der Waals surface area contributed by atoms with E-state index in [4.69, 9.17) is 14.5 Å². The van der Waals surface area contributed by atoms with Crippen LogP contribution >= 0.6 is 11.8 Å². The number of carbonyl (C=O) groups excluding carboxylic acids is 1. The predicted molar refractivity (Wildman–Crippen MR) is 134 cm³/mol. The Morgan fingerprint density at radius 2 is 1.50 bits per heavy atom. The molecule has 4 rings (SSSR count). The fraction of sp³-hybridized carbons (Fsp3) is 0.385. The Hall–Kier alpha value is -3.13. The first-order chi connectivity index (χ1) is 16.6. The molecule has 1 fully saturated rings. The first-order valence-electron chi connectivity index (χ1n) is 11.6. The van der Waals surface area contributed by atoms with Gasteiger partial charge >= 0.3 is 0 Å². The van der Waals surface area contributed by atoms with Crippen molar-refractivity contribution < 1.29 is 14.3 Å². The van der Waals surface area contributed by atoms with Crippen molar-refractivity contribution in [2.75, 3.05) is 14.2 Å². The van der Waals surface area contributed by atoms with Gasteiger partial charge in [0.2, 0.25) is 11.1 Å². The third-order valence-electron chi connectivity index (χ3n) is 6.01. The lowest BCUT2D eigenvalue weighted by Crippen LogP contribution is -2.38. The molecule has 178 valence electrons. The molecule has 0 bridgehead atoms. The summed E-state index contributed by atoms with van der Waals surface area (Å²) in [5, 5.41) is 12.3. The number of rotatable bonds is 9. The standard InChI is InChI=1S/C26H30N4O3S/c1-4-22(25(31)27-19-7-5-6-8-19)34-26-28-23(17-9-13-20(32-2)14-10-17)24(29-30-26)18-11-15-21(33-3)16-12-18/h9-16,19,22H,4-8H2,1-3H3,(H,27,31)/t22-/m1/s1. The first kappa shape index (κ1) is 24.0. The highest BCUT2D eigenvalue weighted by Gasteiger charge is 2.25. The van der Waals surface area contributed by atoms with Crippen LogP contribution in [0.2, 0.25) is 0 Å². The minimum absolute atomic E-state index is 0.0493. The summed E-state index contributed by atoms with van der Waals surface area (Å²) < 4.78 is 10.6. The zero-order chi connectivity index (χ0) is 23.9. The number of nitrogens with one attached hydrogen (secondary N) is 1. The Morgan fingerprint density at radius 3 is 2.03 bits per heavy atom. The smallest absolute Gasteiger partial charge is 0.233 e. The number of hydrogen-bond donors (Lipinski definition) is 1. The van der Waals surface area contributed by atoms with E-state index >= 15 is 0 Å². The van der Waals surface area contributed by atoms with Crippen LogP contribution in [0.1, 0.15) is 39.0 Å². The second-order valence-corrected chi connectivity index (χ2v) is 9.42. The summed E-state index contributed by atoms with van der Waals surface area (Å²) in [5.74, 6) is 1.58. The SMILES string of the molecule is CC[C@@H](Sc1nnc(-c2ccc(OC)cc2)c(-c2ccc(OC)cc2)n1)C(=O)NC1CCCC1. The number of benzene rings is 2. The molecule has 1 aliphatic carbocycles. The van der Waals surface area contributed by atoms with E-state index in [2.05, 4.69) is 15.5 Å². The number of nitrogens with zero attached hydrogens (tertiary/aromatic N) is 3. The normalized spacial score (nSPS) is 14.6. The number of hydrogen-bond acceptors (Lipinski definition) is 7. The van der Waals surface area contributed by atoms with Crippen LogP contribution in [0.15, 0.2) is 53.7 Å². The van der Waals surface area contributed by atoms with E-state index in [0.717, 1.165) is 35.5 Å². The number of amides is 1. The van der Waals surface area contributed by atoms with Crippen LogP contribution in [0.4, 0.5) is 0 Å². The molecule has 1 N–H and O–H groups in total. The van der Waals surface area contributed by atoms with Gasteiger partial charge in [-0.1, -0.05) is 31.5 Å². The number of aromatic nitrogens is 3. The summed E-state index contributed by atoms with van der Waals surface area (Å²) in [7, 11) is 3.28. The first-order valence-corrected chi connectivity index (χ1v) is 12.5. The highest BCUT2D eigenvalue weighted by atomic mass is 32.2. The van der Waals surface area contributed by atoms with Crippen molar-refractivity contribution >= 4 is 17.7 Å². The van der Waals surface area contributed by atoms with Crippen molar-refractivity contribution in [2.24, 2.45) is 0 Å². The molecule has 3 aromatic rings. The van der Waals surface area contributed by atoms with Gasteiger partial charge in [-0.05, 0) is 67.8 Å². The summed E-state index contributed by atoms with van der Waals surface area (Å²) in [6.45, 7) is 2.01. The minimum atomic E-state index is -0.266. The van der Waals surface area contributed by atoms with Crippen molar-refractivity contribution in [2.45, 2.75) is 55.5 Å². The Balaban J connectivity index is 1.64. The molecular formula is C26H30N4O3S. The molecule has 1 atom stereocenters. The lowest BCUT2D eigenvalue weighted by Gasteiger charge is -2.18. The monoisotopic (exact) mass is 478 g/mol. The van der Waals surface area contributed by atoms with Gasteiger partial charge in [0.1, 0.15) is 22.9 Å². The maximum Gasteiger partial charge on any atom is 0.233 e. The van der Waals surface area contributed by atoms with Gasteiger partial charge in [0.05, 0.1) is 19.5 Å². The van der Waals surface area contributed by atoms with E-state index in [0.29, 0.717) is 23.0 Å². The van der Waals surface area contributed by atoms with Gasteiger partial charge < -0.3 is 14.8 Å². The van der Waals surface area contributed by atoms with Crippen LogP contribution in [-0.2, 0) is 4.79 Å². The molecule has 1 heterocycles. The van der Waals surface area contributed by atoms with Crippen LogP contribution in [0.25, 0.3) is 22.5 Å². The average Bonchev–Trinajstić information content (AvgIpc) is 3.40. The quantitative estimate of drug-likeness (QED) is 0.426. The Labute approximate surface area is 204 Å². The van der Waals surface area contributed by atoms with Crippen molar-refractivity contribution in [3.05, 3.63) is 48.5 Å². The Bertz CT molecular complexity index is 1100.